The van der Waals surface area contributed by atoms with Gasteiger partial charge in [-0.15, -0.1) is 13.2 Å². The van der Waals surface area contributed by atoms with Gasteiger partial charge in [-0.05, 0) is 6.07 Å². The van der Waals surface area contributed by atoms with Crippen molar-refractivity contribution in [3.8, 4) is 11.5 Å². The smallest absolute Gasteiger partial charge is 0.467 e. The van der Waals surface area contributed by atoms with E-state index in [9.17, 15) is 13.2 Å². The first-order valence-corrected chi connectivity index (χ1v) is 5.65. The molecule has 3 nitrogen and oxygen atoms in total. The van der Waals surface area contributed by atoms with Gasteiger partial charge in [0.05, 0.1) is 0 Å². The quantitative estimate of drug-likeness (QED) is 0.615. The van der Waals surface area contributed by atoms with Crippen LogP contribution in [0, 0.1) is 0 Å². The number of hydrogen-bond acceptors (Lipinski definition) is 3. The van der Waals surface area contributed by atoms with E-state index in [4.69, 9.17) is 4.74 Å². The van der Waals surface area contributed by atoms with E-state index in [0.717, 1.165) is 0 Å². The maximum absolute atomic E-state index is 12.0. The Morgan fingerprint density at radius 2 is 2.00 bits per heavy atom. The minimum Gasteiger partial charge on any atom is -0.467 e. The van der Waals surface area contributed by atoms with Crippen LogP contribution in [-0.2, 0) is 10.1 Å². The molecule has 0 aliphatic carbocycles. The molecular weight excluding hydrogens is 305 g/mol. The summed E-state index contributed by atoms with van der Waals surface area (Å²) in [6.07, 6.45) is -4.71. The number of hydrogen-bond donors (Lipinski definition) is 0. The van der Waals surface area contributed by atoms with Gasteiger partial charge in [-0.3, -0.25) is 0 Å². The summed E-state index contributed by atoms with van der Waals surface area (Å²) in [5, 5.41) is 0.457. The summed E-state index contributed by atoms with van der Waals surface area (Å²) in [6.45, 7) is -0.0462. The molecule has 0 radical (unpaired) electrons. The Morgan fingerprint density at radius 3 is 2.53 bits per heavy atom. The van der Waals surface area contributed by atoms with E-state index >= 15 is 0 Å². The van der Waals surface area contributed by atoms with Crippen molar-refractivity contribution >= 4 is 15.9 Å². The molecular formula is C10H10BrF3O3. The molecule has 0 N–H and O–H groups in total. The van der Waals surface area contributed by atoms with Crippen molar-refractivity contribution in [1.29, 1.82) is 0 Å². The van der Waals surface area contributed by atoms with Crippen LogP contribution >= 0.6 is 15.9 Å². The van der Waals surface area contributed by atoms with Crippen LogP contribution in [0.2, 0.25) is 0 Å². The SMILES string of the molecule is COCOc1cc(OC(F)(F)F)ccc1CBr. The van der Waals surface area contributed by atoms with Crippen LogP contribution in [0.1, 0.15) is 5.56 Å². The molecule has 0 saturated heterocycles. The van der Waals surface area contributed by atoms with E-state index in [-0.39, 0.29) is 18.3 Å². The lowest BCUT2D eigenvalue weighted by molar-refractivity contribution is -0.274. The molecule has 1 aromatic carbocycles. The number of alkyl halides is 4. The molecule has 0 bridgehead atoms. The lowest BCUT2D eigenvalue weighted by atomic mass is 10.2. The standard InChI is InChI=1S/C10H10BrF3O3/c1-15-6-16-9-4-8(17-10(12,13)14)3-2-7(9)5-11/h2-4H,5-6H2,1H3. The average Bonchev–Trinajstić information content (AvgIpc) is 2.24. The third-order valence-electron chi connectivity index (χ3n) is 1.75. The Hall–Kier alpha value is -0.950. The molecule has 0 fully saturated rings. The van der Waals surface area contributed by atoms with Crippen LogP contribution in [0.3, 0.4) is 0 Å². The molecule has 7 heteroatoms. The highest BCUT2D eigenvalue weighted by atomic mass is 79.9. The van der Waals surface area contributed by atoms with Crippen LogP contribution < -0.4 is 9.47 Å². The third-order valence-corrected chi connectivity index (χ3v) is 2.35. The highest BCUT2D eigenvalue weighted by Gasteiger charge is 2.31. The maximum Gasteiger partial charge on any atom is 0.573 e. The fraction of sp³-hybridized carbons (Fsp3) is 0.400. The number of halogens is 4. The monoisotopic (exact) mass is 314 g/mol. The van der Waals surface area contributed by atoms with Gasteiger partial charge in [0.15, 0.2) is 6.79 Å². The van der Waals surface area contributed by atoms with E-state index < -0.39 is 6.36 Å². The van der Waals surface area contributed by atoms with Crippen LogP contribution in [0.15, 0.2) is 18.2 Å². The minimum absolute atomic E-state index is 0.0462. The molecule has 0 atom stereocenters. The molecule has 17 heavy (non-hydrogen) atoms. The first kappa shape index (κ1) is 14.1. The van der Waals surface area contributed by atoms with Gasteiger partial charge in [0, 0.05) is 24.1 Å². The van der Waals surface area contributed by atoms with Crippen LogP contribution in [0.5, 0.6) is 11.5 Å². The fourth-order valence-corrected chi connectivity index (χ4v) is 1.56. The number of benzene rings is 1. The molecule has 1 aromatic rings. The van der Waals surface area contributed by atoms with Crippen molar-refractivity contribution in [2.75, 3.05) is 13.9 Å². The highest BCUT2D eigenvalue weighted by Crippen LogP contribution is 2.30. The summed E-state index contributed by atoms with van der Waals surface area (Å²) in [4.78, 5) is 0. The molecule has 0 aliphatic heterocycles. The zero-order chi connectivity index (χ0) is 12.9. The summed E-state index contributed by atoms with van der Waals surface area (Å²) < 4.78 is 49.6. The van der Waals surface area contributed by atoms with Gasteiger partial charge in [-0.2, -0.15) is 0 Å². The van der Waals surface area contributed by atoms with Gasteiger partial charge in [-0.25, -0.2) is 0 Å². The summed E-state index contributed by atoms with van der Waals surface area (Å²) in [6, 6.07) is 3.88. The predicted octanol–water partition coefficient (Wildman–Crippen LogP) is 3.46. The van der Waals surface area contributed by atoms with Crippen LogP contribution in [0.25, 0.3) is 0 Å². The topological polar surface area (TPSA) is 27.7 Å². The third kappa shape index (κ3) is 4.82. The highest BCUT2D eigenvalue weighted by molar-refractivity contribution is 9.08. The Bertz CT molecular complexity index is 368. The molecule has 0 heterocycles. The first-order chi connectivity index (χ1) is 7.96. The second-order valence-corrected chi connectivity index (χ2v) is 3.56. The van der Waals surface area contributed by atoms with Crippen molar-refractivity contribution in [3.63, 3.8) is 0 Å². The van der Waals surface area contributed by atoms with Gasteiger partial charge < -0.3 is 14.2 Å². The van der Waals surface area contributed by atoms with Gasteiger partial charge in [0.25, 0.3) is 0 Å². The fourth-order valence-electron chi connectivity index (χ4n) is 1.10. The number of ether oxygens (including phenoxy) is 3. The largest absolute Gasteiger partial charge is 0.573 e. The molecule has 0 amide bonds. The first-order valence-electron chi connectivity index (χ1n) is 4.52. The Labute approximate surface area is 105 Å². The predicted molar refractivity (Wildman–Crippen MR) is 58.3 cm³/mol. The van der Waals surface area contributed by atoms with Gasteiger partial charge in [0.1, 0.15) is 11.5 Å². The molecule has 96 valence electrons. The van der Waals surface area contributed by atoms with Gasteiger partial charge in [0.2, 0.25) is 0 Å². The molecule has 0 spiro atoms. The van der Waals surface area contributed by atoms with Crippen molar-refractivity contribution in [1.82, 2.24) is 0 Å². The van der Waals surface area contributed by atoms with E-state index in [1.54, 1.807) is 0 Å². The molecule has 0 unspecified atom stereocenters. The van der Waals surface area contributed by atoms with Crippen LogP contribution in [0.4, 0.5) is 13.2 Å². The van der Waals surface area contributed by atoms with E-state index in [0.29, 0.717) is 10.9 Å². The minimum atomic E-state index is -4.71. The number of rotatable bonds is 5. The Kier molecular flexibility index (Phi) is 5.07. The van der Waals surface area contributed by atoms with Crippen molar-refractivity contribution in [2.24, 2.45) is 0 Å². The average molecular weight is 315 g/mol. The van der Waals surface area contributed by atoms with E-state index in [1.807, 2.05) is 0 Å². The summed E-state index contributed by atoms with van der Waals surface area (Å²) in [5.41, 5.74) is 0.705. The zero-order valence-corrected chi connectivity index (χ0v) is 10.5. The molecule has 1 rings (SSSR count). The zero-order valence-electron chi connectivity index (χ0n) is 8.88. The summed E-state index contributed by atoms with van der Waals surface area (Å²) >= 11 is 3.20. The van der Waals surface area contributed by atoms with Crippen molar-refractivity contribution in [2.45, 2.75) is 11.7 Å². The van der Waals surface area contributed by atoms with Crippen LogP contribution in [-0.4, -0.2) is 20.3 Å². The van der Waals surface area contributed by atoms with Crippen molar-refractivity contribution in [3.05, 3.63) is 23.8 Å². The molecule has 0 aromatic heterocycles. The number of methoxy groups -OCH3 is 1. The normalized spacial score (nSPS) is 11.4. The second-order valence-electron chi connectivity index (χ2n) is 3.00. The second kappa shape index (κ2) is 6.11. The van der Waals surface area contributed by atoms with Crippen molar-refractivity contribution < 1.29 is 27.4 Å². The lowest BCUT2D eigenvalue weighted by Gasteiger charge is -2.13. The summed E-state index contributed by atoms with van der Waals surface area (Å²) in [5.74, 6) is -0.0428. The van der Waals surface area contributed by atoms with Gasteiger partial charge in [-0.1, -0.05) is 22.0 Å². The molecule has 0 saturated carbocycles. The molecule has 0 aliphatic rings. The lowest BCUT2D eigenvalue weighted by Crippen LogP contribution is -2.17. The van der Waals surface area contributed by atoms with E-state index in [1.165, 1.54) is 25.3 Å². The maximum atomic E-state index is 12.0. The summed E-state index contributed by atoms with van der Waals surface area (Å²) in [7, 11) is 1.42. The Morgan fingerprint density at radius 1 is 1.29 bits per heavy atom. The van der Waals surface area contributed by atoms with Gasteiger partial charge >= 0.3 is 6.36 Å². The van der Waals surface area contributed by atoms with E-state index in [2.05, 4.69) is 25.4 Å². The Balaban J connectivity index is 2.88.